The van der Waals surface area contributed by atoms with Gasteiger partial charge in [0.05, 0.1) is 17.8 Å². The van der Waals surface area contributed by atoms with Gasteiger partial charge in [-0.3, -0.25) is 0 Å². The number of imidazole rings is 1. The Morgan fingerprint density at radius 1 is 1.40 bits per heavy atom. The van der Waals surface area contributed by atoms with Crippen LogP contribution in [-0.4, -0.2) is 48.6 Å². The number of amides is 2. The Kier molecular flexibility index (Phi) is 4.99. The molecular formula is C12H20N4O3S. The number of nitrogens with one attached hydrogen (secondary N) is 2. The zero-order valence-electron chi connectivity index (χ0n) is 11.3. The summed E-state index contributed by atoms with van der Waals surface area (Å²) in [5.41, 5.74) is 0. The average Bonchev–Trinajstić information content (AvgIpc) is 3.01. The van der Waals surface area contributed by atoms with Crippen LogP contribution in [-0.2, 0) is 16.4 Å². The van der Waals surface area contributed by atoms with Crippen molar-refractivity contribution in [1.82, 2.24) is 20.2 Å². The minimum Gasteiger partial charge on any atom is -0.338 e. The molecule has 20 heavy (non-hydrogen) atoms. The van der Waals surface area contributed by atoms with Gasteiger partial charge in [0.2, 0.25) is 0 Å². The van der Waals surface area contributed by atoms with Crippen LogP contribution in [0.1, 0.15) is 12.8 Å². The molecule has 2 rings (SSSR count). The molecular weight excluding hydrogens is 280 g/mol. The molecule has 2 amide bonds. The molecule has 0 aliphatic carbocycles. The quantitative estimate of drug-likeness (QED) is 0.724. The van der Waals surface area contributed by atoms with E-state index in [2.05, 4.69) is 15.6 Å². The lowest BCUT2D eigenvalue weighted by atomic mass is 10.1. The maximum absolute atomic E-state index is 11.5. The van der Waals surface area contributed by atoms with Crippen molar-refractivity contribution < 1.29 is 13.2 Å². The van der Waals surface area contributed by atoms with E-state index in [0.717, 1.165) is 13.0 Å². The number of hydrogen-bond donors (Lipinski definition) is 2. The lowest BCUT2D eigenvalue weighted by Crippen LogP contribution is -2.39. The molecule has 1 atom stereocenters. The van der Waals surface area contributed by atoms with Gasteiger partial charge in [-0.05, 0) is 18.8 Å². The fraction of sp³-hybridized carbons (Fsp3) is 0.667. The highest BCUT2D eigenvalue weighted by atomic mass is 32.2. The number of carbonyl (C=O) groups is 1. The number of sulfone groups is 1. The standard InChI is InChI=1S/C12H20N4O3S/c17-12(14-3-1-5-16-6-4-13-10-16)15-8-11-2-7-20(18,19)9-11/h4,6,10-11H,1-3,5,7-9H2,(H2,14,15,17). The Labute approximate surface area is 118 Å². The van der Waals surface area contributed by atoms with Crippen molar-refractivity contribution in [2.45, 2.75) is 19.4 Å². The van der Waals surface area contributed by atoms with Gasteiger partial charge < -0.3 is 15.2 Å². The SMILES string of the molecule is O=C(NCCCn1ccnc1)NCC1CCS(=O)(=O)C1. The molecule has 1 aromatic rings. The molecule has 0 radical (unpaired) electrons. The maximum atomic E-state index is 11.5. The number of carbonyl (C=O) groups excluding carboxylic acids is 1. The first-order valence-corrected chi connectivity index (χ1v) is 8.55. The number of urea groups is 1. The maximum Gasteiger partial charge on any atom is 0.314 e. The van der Waals surface area contributed by atoms with Crippen LogP contribution in [0.4, 0.5) is 4.79 Å². The van der Waals surface area contributed by atoms with Gasteiger partial charge in [-0.2, -0.15) is 0 Å². The molecule has 1 aliphatic heterocycles. The summed E-state index contributed by atoms with van der Waals surface area (Å²) < 4.78 is 24.5. The highest BCUT2D eigenvalue weighted by Gasteiger charge is 2.27. The van der Waals surface area contributed by atoms with E-state index in [4.69, 9.17) is 0 Å². The molecule has 7 nitrogen and oxygen atoms in total. The number of aromatic nitrogens is 2. The second-order valence-electron chi connectivity index (χ2n) is 5.06. The predicted octanol–water partition coefficient (Wildman–Crippen LogP) is 0.00710. The van der Waals surface area contributed by atoms with E-state index >= 15 is 0 Å². The summed E-state index contributed by atoms with van der Waals surface area (Å²) in [6, 6.07) is -0.236. The topological polar surface area (TPSA) is 93.1 Å². The Morgan fingerprint density at radius 3 is 2.90 bits per heavy atom. The second-order valence-corrected chi connectivity index (χ2v) is 7.29. The van der Waals surface area contributed by atoms with Crippen molar-refractivity contribution in [2.75, 3.05) is 24.6 Å². The predicted molar refractivity (Wildman–Crippen MR) is 75.0 cm³/mol. The van der Waals surface area contributed by atoms with Crippen LogP contribution in [0, 0.1) is 5.92 Å². The zero-order valence-corrected chi connectivity index (χ0v) is 12.1. The van der Waals surface area contributed by atoms with Gasteiger partial charge in [0.1, 0.15) is 0 Å². The average molecular weight is 300 g/mol. The third-order valence-electron chi connectivity index (χ3n) is 3.32. The normalized spacial score (nSPS) is 20.7. The van der Waals surface area contributed by atoms with Crippen molar-refractivity contribution >= 4 is 15.9 Å². The van der Waals surface area contributed by atoms with E-state index in [1.165, 1.54) is 0 Å². The molecule has 8 heteroatoms. The number of aryl methyl sites for hydroxylation is 1. The summed E-state index contributed by atoms with van der Waals surface area (Å²) in [6.45, 7) is 1.81. The third-order valence-corrected chi connectivity index (χ3v) is 5.15. The largest absolute Gasteiger partial charge is 0.338 e. The van der Waals surface area contributed by atoms with Crippen LogP contribution in [0.2, 0.25) is 0 Å². The monoisotopic (exact) mass is 300 g/mol. The molecule has 1 aliphatic rings. The third kappa shape index (κ3) is 4.84. The summed E-state index contributed by atoms with van der Waals surface area (Å²) >= 11 is 0. The van der Waals surface area contributed by atoms with Crippen LogP contribution in [0.5, 0.6) is 0 Å². The van der Waals surface area contributed by atoms with Crippen molar-refractivity contribution in [2.24, 2.45) is 5.92 Å². The van der Waals surface area contributed by atoms with E-state index in [9.17, 15) is 13.2 Å². The van der Waals surface area contributed by atoms with Gasteiger partial charge in [0.25, 0.3) is 0 Å². The van der Waals surface area contributed by atoms with E-state index in [1.54, 1.807) is 12.5 Å². The van der Waals surface area contributed by atoms with Crippen LogP contribution >= 0.6 is 0 Å². The molecule has 112 valence electrons. The van der Waals surface area contributed by atoms with Gasteiger partial charge in [0.15, 0.2) is 9.84 Å². The molecule has 0 spiro atoms. The van der Waals surface area contributed by atoms with Crippen LogP contribution in [0.3, 0.4) is 0 Å². The molecule has 1 unspecified atom stereocenters. The minimum absolute atomic E-state index is 0.0525. The number of rotatable bonds is 6. The minimum atomic E-state index is -2.87. The van der Waals surface area contributed by atoms with Crippen molar-refractivity contribution in [3.05, 3.63) is 18.7 Å². The summed E-state index contributed by atoms with van der Waals surface area (Å²) in [4.78, 5) is 15.5. The van der Waals surface area contributed by atoms with Crippen LogP contribution in [0.25, 0.3) is 0 Å². The molecule has 1 saturated heterocycles. The van der Waals surface area contributed by atoms with Gasteiger partial charge in [-0.15, -0.1) is 0 Å². The summed E-state index contributed by atoms with van der Waals surface area (Å²) in [5, 5.41) is 5.48. The molecule has 1 fully saturated rings. The Bertz CT molecular complexity index is 527. The zero-order chi connectivity index (χ0) is 14.4. The van der Waals surface area contributed by atoms with Gasteiger partial charge in [0, 0.05) is 32.0 Å². The molecule has 1 aromatic heterocycles. The van der Waals surface area contributed by atoms with E-state index in [-0.39, 0.29) is 23.5 Å². The lowest BCUT2D eigenvalue weighted by Gasteiger charge is -2.11. The van der Waals surface area contributed by atoms with Crippen molar-refractivity contribution in [1.29, 1.82) is 0 Å². The highest BCUT2D eigenvalue weighted by Crippen LogP contribution is 2.17. The van der Waals surface area contributed by atoms with Gasteiger partial charge in [-0.1, -0.05) is 0 Å². The summed E-state index contributed by atoms with van der Waals surface area (Å²) in [5.74, 6) is 0.483. The van der Waals surface area contributed by atoms with Gasteiger partial charge >= 0.3 is 6.03 Å². The fourth-order valence-corrected chi connectivity index (χ4v) is 4.08. The van der Waals surface area contributed by atoms with E-state index in [1.807, 2.05) is 10.8 Å². The smallest absolute Gasteiger partial charge is 0.314 e. The molecule has 0 aromatic carbocycles. The molecule has 2 N–H and O–H groups in total. The van der Waals surface area contributed by atoms with Crippen molar-refractivity contribution in [3.63, 3.8) is 0 Å². The van der Waals surface area contributed by atoms with Crippen molar-refractivity contribution in [3.8, 4) is 0 Å². The fourth-order valence-electron chi connectivity index (χ4n) is 2.22. The molecule has 0 bridgehead atoms. The van der Waals surface area contributed by atoms with Gasteiger partial charge in [-0.25, -0.2) is 18.2 Å². The first kappa shape index (κ1) is 14.8. The van der Waals surface area contributed by atoms with Crippen LogP contribution in [0.15, 0.2) is 18.7 Å². The summed E-state index contributed by atoms with van der Waals surface area (Å²) in [7, 11) is -2.87. The van der Waals surface area contributed by atoms with E-state index in [0.29, 0.717) is 19.5 Å². The molecule has 0 saturated carbocycles. The molecule has 2 heterocycles. The summed E-state index contributed by atoms with van der Waals surface area (Å²) in [6.07, 6.45) is 6.79. The van der Waals surface area contributed by atoms with Crippen LogP contribution < -0.4 is 10.6 Å². The Morgan fingerprint density at radius 2 is 2.25 bits per heavy atom. The Balaban J connectivity index is 1.54. The highest BCUT2D eigenvalue weighted by molar-refractivity contribution is 7.91. The second kappa shape index (κ2) is 6.74. The first-order chi connectivity index (χ1) is 9.55. The number of nitrogens with zero attached hydrogens (tertiary/aromatic N) is 2. The lowest BCUT2D eigenvalue weighted by molar-refractivity contribution is 0.239. The first-order valence-electron chi connectivity index (χ1n) is 6.73. The number of hydrogen-bond acceptors (Lipinski definition) is 4. The van der Waals surface area contributed by atoms with E-state index < -0.39 is 9.84 Å². The Hall–Kier alpha value is -1.57.